The standard InChI is InChI=1S/C16H18ClNO2/c17-16-10-15(7-6-14(16)12-20)18(8-9-19)11-13-4-2-1-3-5-13/h1-7,10,19-20H,8-9,11-12H2. The topological polar surface area (TPSA) is 43.7 Å². The van der Waals surface area contributed by atoms with E-state index in [1.165, 1.54) is 5.56 Å². The molecule has 20 heavy (non-hydrogen) atoms. The van der Waals surface area contributed by atoms with Gasteiger partial charge in [0.15, 0.2) is 0 Å². The molecule has 0 heterocycles. The molecule has 0 unspecified atom stereocenters. The van der Waals surface area contributed by atoms with Gasteiger partial charge in [-0.05, 0) is 23.3 Å². The van der Waals surface area contributed by atoms with E-state index in [0.29, 0.717) is 23.7 Å². The van der Waals surface area contributed by atoms with Crippen LogP contribution in [-0.2, 0) is 13.2 Å². The largest absolute Gasteiger partial charge is 0.395 e. The maximum atomic E-state index is 9.23. The summed E-state index contributed by atoms with van der Waals surface area (Å²) in [5.74, 6) is 0. The number of hydrogen-bond acceptors (Lipinski definition) is 3. The highest BCUT2D eigenvalue weighted by molar-refractivity contribution is 6.31. The van der Waals surface area contributed by atoms with Gasteiger partial charge in [-0.1, -0.05) is 48.0 Å². The van der Waals surface area contributed by atoms with Gasteiger partial charge in [-0.3, -0.25) is 0 Å². The van der Waals surface area contributed by atoms with Crippen molar-refractivity contribution in [2.24, 2.45) is 0 Å². The van der Waals surface area contributed by atoms with Gasteiger partial charge >= 0.3 is 0 Å². The molecule has 0 fully saturated rings. The van der Waals surface area contributed by atoms with Gasteiger partial charge in [-0.2, -0.15) is 0 Å². The molecule has 0 aromatic heterocycles. The lowest BCUT2D eigenvalue weighted by Crippen LogP contribution is -2.26. The SMILES string of the molecule is OCCN(Cc1ccccc1)c1ccc(CO)c(Cl)c1. The number of nitrogens with zero attached hydrogens (tertiary/aromatic N) is 1. The fraction of sp³-hybridized carbons (Fsp3) is 0.250. The first-order valence-corrected chi connectivity index (χ1v) is 6.91. The molecule has 2 rings (SSSR count). The number of rotatable bonds is 6. The molecule has 0 aliphatic rings. The zero-order valence-electron chi connectivity index (χ0n) is 11.2. The average Bonchev–Trinajstić information content (AvgIpc) is 2.48. The Bertz CT molecular complexity index is 545. The van der Waals surface area contributed by atoms with Crippen molar-refractivity contribution in [2.45, 2.75) is 13.2 Å². The van der Waals surface area contributed by atoms with E-state index in [9.17, 15) is 5.11 Å². The Hall–Kier alpha value is -1.55. The minimum absolute atomic E-state index is 0.0716. The Labute approximate surface area is 124 Å². The number of aliphatic hydroxyl groups excluding tert-OH is 2. The van der Waals surface area contributed by atoms with Gasteiger partial charge in [0, 0.05) is 23.8 Å². The molecule has 0 bridgehead atoms. The molecular formula is C16H18ClNO2. The van der Waals surface area contributed by atoms with Crippen LogP contribution in [0.3, 0.4) is 0 Å². The first-order chi connectivity index (χ1) is 9.74. The third-order valence-electron chi connectivity index (χ3n) is 3.16. The molecule has 0 saturated heterocycles. The van der Waals surface area contributed by atoms with Crippen LogP contribution in [0.5, 0.6) is 0 Å². The van der Waals surface area contributed by atoms with Crippen molar-refractivity contribution < 1.29 is 10.2 Å². The number of aliphatic hydroxyl groups is 2. The lowest BCUT2D eigenvalue weighted by Gasteiger charge is -2.24. The number of hydrogen-bond donors (Lipinski definition) is 2. The molecule has 2 aromatic rings. The number of anilines is 1. The molecule has 0 saturated carbocycles. The molecular weight excluding hydrogens is 274 g/mol. The Kier molecular flexibility index (Phi) is 5.41. The second-order valence-electron chi connectivity index (χ2n) is 4.56. The van der Waals surface area contributed by atoms with Gasteiger partial charge in [0.05, 0.1) is 13.2 Å². The Morgan fingerprint density at radius 2 is 1.75 bits per heavy atom. The van der Waals surface area contributed by atoms with E-state index >= 15 is 0 Å². The summed E-state index contributed by atoms with van der Waals surface area (Å²) >= 11 is 6.13. The summed E-state index contributed by atoms with van der Waals surface area (Å²) in [4.78, 5) is 2.06. The Morgan fingerprint density at radius 3 is 2.35 bits per heavy atom. The summed E-state index contributed by atoms with van der Waals surface area (Å²) in [5, 5.41) is 18.9. The van der Waals surface area contributed by atoms with Crippen molar-refractivity contribution in [1.29, 1.82) is 0 Å². The van der Waals surface area contributed by atoms with Crippen LogP contribution >= 0.6 is 11.6 Å². The van der Waals surface area contributed by atoms with Gasteiger partial charge in [0.1, 0.15) is 0 Å². The Morgan fingerprint density at radius 1 is 1.00 bits per heavy atom. The van der Waals surface area contributed by atoms with Gasteiger partial charge in [0.25, 0.3) is 0 Å². The summed E-state index contributed by atoms with van der Waals surface area (Å²) < 4.78 is 0. The van der Waals surface area contributed by atoms with Crippen molar-refractivity contribution in [2.75, 3.05) is 18.1 Å². The molecule has 3 nitrogen and oxygen atoms in total. The molecule has 0 spiro atoms. The van der Waals surface area contributed by atoms with Gasteiger partial charge in [-0.25, -0.2) is 0 Å². The summed E-state index contributed by atoms with van der Waals surface area (Å²) in [6.07, 6.45) is 0. The minimum atomic E-state index is -0.0716. The molecule has 0 atom stereocenters. The normalized spacial score (nSPS) is 10.6. The quantitative estimate of drug-likeness (QED) is 0.860. The van der Waals surface area contributed by atoms with Crippen LogP contribution in [0.25, 0.3) is 0 Å². The van der Waals surface area contributed by atoms with Crippen LogP contribution in [0.1, 0.15) is 11.1 Å². The summed E-state index contributed by atoms with van der Waals surface area (Å²) in [7, 11) is 0. The summed E-state index contributed by atoms with van der Waals surface area (Å²) in [6.45, 7) is 1.24. The van der Waals surface area contributed by atoms with Gasteiger partial charge in [0.2, 0.25) is 0 Å². The summed E-state index contributed by atoms with van der Waals surface area (Å²) in [5.41, 5.74) is 2.81. The van der Waals surface area contributed by atoms with Gasteiger partial charge in [-0.15, -0.1) is 0 Å². The summed E-state index contributed by atoms with van der Waals surface area (Å²) in [6, 6.07) is 15.6. The zero-order chi connectivity index (χ0) is 14.4. The molecule has 0 radical (unpaired) electrons. The van der Waals surface area contributed by atoms with Gasteiger partial charge < -0.3 is 15.1 Å². The van der Waals surface area contributed by atoms with Crippen molar-refractivity contribution >= 4 is 17.3 Å². The monoisotopic (exact) mass is 291 g/mol. The highest BCUT2D eigenvalue weighted by Gasteiger charge is 2.09. The Balaban J connectivity index is 2.22. The molecule has 2 aromatic carbocycles. The van der Waals surface area contributed by atoms with E-state index < -0.39 is 0 Å². The van der Waals surface area contributed by atoms with Crippen LogP contribution < -0.4 is 4.90 Å². The van der Waals surface area contributed by atoms with Crippen LogP contribution in [0.15, 0.2) is 48.5 Å². The van der Waals surface area contributed by atoms with Crippen molar-refractivity contribution in [3.8, 4) is 0 Å². The smallest absolute Gasteiger partial charge is 0.0696 e. The molecule has 0 amide bonds. The number of halogens is 1. The second-order valence-corrected chi connectivity index (χ2v) is 4.97. The zero-order valence-corrected chi connectivity index (χ0v) is 11.9. The molecule has 2 N–H and O–H groups in total. The van der Waals surface area contributed by atoms with Crippen LogP contribution in [-0.4, -0.2) is 23.4 Å². The molecule has 4 heteroatoms. The lowest BCUT2D eigenvalue weighted by atomic mass is 10.1. The van der Waals surface area contributed by atoms with Crippen LogP contribution in [0.4, 0.5) is 5.69 Å². The molecule has 0 aliphatic carbocycles. The lowest BCUT2D eigenvalue weighted by molar-refractivity contribution is 0.282. The fourth-order valence-electron chi connectivity index (χ4n) is 2.09. The van der Waals surface area contributed by atoms with Crippen LogP contribution in [0, 0.1) is 0 Å². The number of benzene rings is 2. The van der Waals surface area contributed by atoms with Crippen LogP contribution in [0.2, 0.25) is 5.02 Å². The maximum absolute atomic E-state index is 9.23. The predicted molar refractivity (Wildman–Crippen MR) is 82.0 cm³/mol. The van der Waals surface area contributed by atoms with Crippen molar-refractivity contribution in [1.82, 2.24) is 0 Å². The first-order valence-electron chi connectivity index (χ1n) is 6.53. The third kappa shape index (κ3) is 3.73. The molecule has 106 valence electrons. The minimum Gasteiger partial charge on any atom is -0.395 e. The highest BCUT2D eigenvalue weighted by Crippen LogP contribution is 2.25. The third-order valence-corrected chi connectivity index (χ3v) is 3.51. The van der Waals surface area contributed by atoms with Crippen molar-refractivity contribution in [3.05, 3.63) is 64.7 Å². The van der Waals surface area contributed by atoms with E-state index in [4.69, 9.17) is 16.7 Å². The van der Waals surface area contributed by atoms with E-state index in [2.05, 4.69) is 4.90 Å². The average molecular weight is 292 g/mol. The maximum Gasteiger partial charge on any atom is 0.0696 e. The van der Waals surface area contributed by atoms with E-state index in [1.54, 1.807) is 0 Å². The van der Waals surface area contributed by atoms with E-state index in [0.717, 1.165) is 5.69 Å². The highest BCUT2D eigenvalue weighted by atomic mass is 35.5. The first kappa shape index (κ1) is 14.9. The predicted octanol–water partition coefficient (Wildman–Crippen LogP) is 2.83. The van der Waals surface area contributed by atoms with E-state index in [1.807, 2.05) is 48.5 Å². The second kappa shape index (κ2) is 7.29. The fourth-order valence-corrected chi connectivity index (χ4v) is 2.32. The van der Waals surface area contributed by atoms with Crippen molar-refractivity contribution in [3.63, 3.8) is 0 Å². The van der Waals surface area contributed by atoms with E-state index in [-0.39, 0.29) is 13.2 Å². The molecule has 0 aliphatic heterocycles.